The maximum Gasteiger partial charge on any atom is 0.306 e. The molecular formula is C71H118O6. The zero-order chi connectivity index (χ0) is 55.7. The van der Waals surface area contributed by atoms with Crippen LogP contribution in [0.3, 0.4) is 0 Å². The summed E-state index contributed by atoms with van der Waals surface area (Å²) in [6.07, 6.45) is 89.3. The molecule has 0 amide bonds. The molecule has 0 aromatic rings. The molecule has 0 aliphatic carbocycles. The number of hydrogen-bond acceptors (Lipinski definition) is 6. The third kappa shape index (κ3) is 62.5. The molecule has 0 heterocycles. The molecule has 0 saturated heterocycles. The van der Waals surface area contributed by atoms with Gasteiger partial charge in [0.1, 0.15) is 13.2 Å². The van der Waals surface area contributed by atoms with E-state index in [1.807, 2.05) is 0 Å². The van der Waals surface area contributed by atoms with Crippen molar-refractivity contribution >= 4 is 17.9 Å². The predicted octanol–water partition coefficient (Wildman–Crippen LogP) is 22.0. The second-order valence-corrected chi connectivity index (χ2v) is 20.9. The molecular weight excluding hydrogens is 949 g/mol. The molecule has 0 rings (SSSR count). The quantitative estimate of drug-likeness (QED) is 0.0261. The fourth-order valence-corrected chi connectivity index (χ4v) is 8.73. The minimum Gasteiger partial charge on any atom is -0.462 e. The first kappa shape index (κ1) is 72.8. The molecule has 6 nitrogen and oxygen atoms in total. The number of allylic oxidation sites excluding steroid dienone is 20. The van der Waals surface area contributed by atoms with E-state index in [2.05, 4.69) is 142 Å². The minimum absolute atomic E-state index is 0.0951. The molecule has 0 aliphatic rings. The van der Waals surface area contributed by atoms with E-state index in [1.165, 1.54) is 128 Å². The molecule has 0 aromatic heterocycles. The summed E-state index contributed by atoms with van der Waals surface area (Å²) in [5.74, 6) is -0.935. The highest BCUT2D eigenvalue weighted by Gasteiger charge is 2.19. The van der Waals surface area contributed by atoms with Crippen LogP contribution in [0.2, 0.25) is 0 Å². The van der Waals surface area contributed by atoms with Crippen molar-refractivity contribution < 1.29 is 28.6 Å². The van der Waals surface area contributed by atoms with E-state index in [1.54, 1.807) is 0 Å². The maximum absolute atomic E-state index is 12.9. The van der Waals surface area contributed by atoms with E-state index in [0.717, 1.165) is 116 Å². The van der Waals surface area contributed by atoms with Crippen LogP contribution in [0.25, 0.3) is 0 Å². The first-order valence-corrected chi connectivity index (χ1v) is 32.0. The van der Waals surface area contributed by atoms with Gasteiger partial charge in [0.2, 0.25) is 0 Å². The van der Waals surface area contributed by atoms with Crippen LogP contribution < -0.4 is 0 Å². The second-order valence-electron chi connectivity index (χ2n) is 20.9. The highest BCUT2D eigenvalue weighted by Crippen LogP contribution is 2.16. The number of hydrogen-bond donors (Lipinski definition) is 0. The van der Waals surface area contributed by atoms with Gasteiger partial charge in [0.25, 0.3) is 0 Å². The summed E-state index contributed by atoms with van der Waals surface area (Å²) in [4.78, 5) is 38.2. The van der Waals surface area contributed by atoms with Gasteiger partial charge in [-0.2, -0.15) is 0 Å². The molecule has 0 aliphatic heterocycles. The molecule has 0 fully saturated rings. The largest absolute Gasteiger partial charge is 0.462 e. The van der Waals surface area contributed by atoms with Gasteiger partial charge in [0, 0.05) is 19.3 Å². The molecule has 0 spiro atoms. The minimum atomic E-state index is -0.803. The Hall–Kier alpha value is -4.19. The summed E-state index contributed by atoms with van der Waals surface area (Å²) >= 11 is 0. The molecule has 0 radical (unpaired) electrons. The molecule has 77 heavy (non-hydrogen) atoms. The standard InChI is InChI=1S/C71H118O6/c1-4-7-10-13-16-19-22-24-26-28-30-32-33-34-35-36-37-39-40-42-44-46-49-52-55-58-61-64-70(73)76-67-68(66-75-69(72)63-60-57-54-51-48-21-18-15-12-9-6-3)77-71(74)65-62-59-56-53-50-47-45-43-41-38-31-29-27-25-23-20-17-14-11-8-5-2/h7-8,10-11,16-17,19-20,24-27,30-32,38,43,45,50,53,68H,4-6,9,12-15,18,21-23,28-29,33-37,39-42,44,46-49,51-52,54-67H2,1-3H3/b10-7-,11-8-,19-16-,20-17-,26-24-,27-25-,32-30-,38-31-,45-43-,53-50-. The van der Waals surface area contributed by atoms with Crippen molar-refractivity contribution in [3.05, 3.63) is 122 Å². The van der Waals surface area contributed by atoms with Crippen molar-refractivity contribution in [3.63, 3.8) is 0 Å². The van der Waals surface area contributed by atoms with Crippen molar-refractivity contribution in [2.24, 2.45) is 0 Å². The lowest BCUT2D eigenvalue weighted by atomic mass is 10.0. The zero-order valence-corrected chi connectivity index (χ0v) is 50.2. The van der Waals surface area contributed by atoms with E-state index in [4.69, 9.17) is 14.2 Å². The Morgan fingerprint density at radius 3 is 0.818 bits per heavy atom. The van der Waals surface area contributed by atoms with Crippen LogP contribution in [-0.4, -0.2) is 37.2 Å². The van der Waals surface area contributed by atoms with Crippen LogP contribution in [0.15, 0.2) is 122 Å². The van der Waals surface area contributed by atoms with Gasteiger partial charge in [-0.05, 0) is 109 Å². The maximum atomic E-state index is 12.9. The molecule has 438 valence electrons. The summed E-state index contributed by atoms with van der Waals surface area (Å²) in [5.41, 5.74) is 0. The van der Waals surface area contributed by atoms with Crippen molar-refractivity contribution in [2.75, 3.05) is 13.2 Å². The first-order chi connectivity index (χ1) is 38.0. The lowest BCUT2D eigenvalue weighted by Gasteiger charge is -2.18. The SMILES string of the molecule is CC/C=C\C/C=C\C/C=C\C/C=C\C/C=C\C/C=C\CCCCC(=O)OC(COC(=O)CCCCCCCCCCCCC)COC(=O)CCCCCCCCCCCCCCCC/C=C\C/C=C\C/C=C\C/C=C\CC. The number of unbranched alkanes of at least 4 members (excludes halogenated alkanes) is 26. The molecule has 6 heteroatoms. The molecule has 0 aromatic carbocycles. The monoisotopic (exact) mass is 1070 g/mol. The van der Waals surface area contributed by atoms with Gasteiger partial charge >= 0.3 is 17.9 Å². The third-order valence-corrected chi connectivity index (χ3v) is 13.5. The highest BCUT2D eigenvalue weighted by atomic mass is 16.6. The van der Waals surface area contributed by atoms with Gasteiger partial charge in [-0.3, -0.25) is 14.4 Å². The van der Waals surface area contributed by atoms with Crippen LogP contribution in [0, 0.1) is 0 Å². The van der Waals surface area contributed by atoms with Crippen LogP contribution in [0.4, 0.5) is 0 Å². The summed E-state index contributed by atoms with van der Waals surface area (Å²) in [6.45, 7) is 6.39. The van der Waals surface area contributed by atoms with Crippen LogP contribution in [0.1, 0.15) is 290 Å². The zero-order valence-electron chi connectivity index (χ0n) is 50.2. The van der Waals surface area contributed by atoms with Crippen molar-refractivity contribution in [1.29, 1.82) is 0 Å². The van der Waals surface area contributed by atoms with E-state index >= 15 is 0 Å². The van der Waals surface area contributed by atoms with Gasteiger partial charge in [-0.1, -0.05) is 284 Å². The Morgan fingerprint density at radius 2 is 0.506 bits per heavy atom. The highest BCUT2D eigenvalue weighted by molar-refractivity contribution is 5.71. The second kappa shape index (κ2) is 64.3. The summed E-state index contributed by atoms with van der Waals surface area (Å²) in [6, 6.07) is 0. The predicted molar refractivity (Wildman–Crippen MR) is 334 cm³/mol. The van der Waals surface area contributed by atoms with E-state index in [0.29, 0.717) is 19.3 Å². The summed E-state index contributed by atoms with van der Waals surface area (Å²) in [5, 5.41) is 0. The van der Waals surface area contributed by atoms with Gasteiger partial charge in [-0.15, -0.1) is 0 Å². The van der Waals surface area contributed by atoms with E-state index in [-0.39, 0.29) is 37.5 Å². The van der Waals surface area contributed by atoms with Crippen LogP contribution in [-0.2, 0) is 28.6 Å². The average Bonchev–Trinajstić information content (AvgIpc) is 3.43. The molecule has 0 N–H and O–H groups in total. The van der Waals surface area contributed by atoms with Gasteiger partial charge < -0.3 is 14.2 Å². The Morgan fingerprint density at radius 1 is 0.273 bits per heavy atom. The molecule has 0 saturated carbocycles. The van der Waals surface area contributed by atoms with Crippen molar-refractivity contribution in [3.8, 4) is 0 Å². The number of rotatable bonds is 57. The Balaban J connectivity index is 4.32. The topological polar surface area (TPSA) is 78.9 Å². The van der Waals surface area contributed by atoms with Crippen LogP contribution >= 0.6 is 0 Å². The average molecular weight is 1070 g/mol. The molecule has 1 atom stereocenters. The van der Waals surface area contributed by atoms with Crippen molar-refractivity contribution in [2.45, 2.75) is 297 Å². The number of carbonyl (C=O) groups is 3. The third-order valence-electron chi connectivity index (χ3n) is 13.5. The number of carbonyl (C=O) groups excluding carboxylic acids is 3. The molecule has 1 unspecified atom stereocenters. The molecule has 0 bridgehead atoms. The fraction of sp³-hybridized carbons (Fsp3) is 0.676. The van der Waals surface area contributed by atoms with Gasteiger partial charge in [0.15, 0.2) is 6.10 Å². The normalized spacial score (nSPS) is 12.9. The lowest BCUT2D eigenvalue weighted by Crippen LogP contribution is -2.30. The lowest BCUT2D eigenvalue weighted by molar-refractivity contribution is -0.167. The smallest absolute Gasteiger partial charge is 0.306 e. The van der Waals surface area contributed by atoms with Crippen molar-refractivity contribution in [1.82, 2.24) is 0 Å². The number of esters is 3. The Kier molecular flexibility index (Phi) is 60.8. The Bertz CT molecular complexity index is 1600. The van der Waals surface area contributed by atoms with E-state index < -0.39 is 6.10 Å². The fourth-order valence-electron chi connectivity index (χ4n) is 8.73. The van der Waals surface area contributed by atoms with Gasteiger partial charge in [-0.25, -0.2) is 0 Å². The van der Waals surface area contributed by atoms with E-state index in [9.17, 15) is 14.4 Å². The van der Waals surface area contributed by atoms with Gasteiger partial charge in [0.05, 0.1) is 0 Å². The summed E-state index contributed by atoms with van der Waals surface area (Å²) in [7, 11) is 0. The summed E-state index contributed by atoms with van der Waals surface area (Å²) < 4.78 is 16.9. The Labute approximate surface area is 475 Å². The van der Waals surface area contributed by atoms with Crippen LogP contribution in [0.5, 0.6) is 0 Å². The first-order valence-electron chi connectivity index (χ1n) is 32.0. The number of ether oxygens (including phenoxy) is 3.